The van der Waals surface area contributed by atoms with E-state index in [1.54, 1.807) is 26.8 Å². The molecule has 0 unspecified atom stereocenters. The number of amides is 1. The van der Waals surface area contributed by atoms with Crippen molar-refractivity contribution in [1.82, 2.24) is 15.1 Å². The Balaban J connectivity index is 1.74. The number of hydrogen-bond acceptors (Lipinski definition) is 8. The lowest BCUT2D eigenvalue weighted by Crippen LogP contribution is -2.52. The van der Waals surface area contributed by atoms with Gasteiger partial charge in [0.1, 0.15) is 5.60 Å². The van der Waals surface area contributed by atoms with Crippen LogP contribution in [0.5, 0.6) is 5.75 Å². The van der Waals surface area contributed by atoms with Gasteiger partial charge in [0, 0.05) is 57.4 Å². The highest BCUT2D eigenvalue weighted by Crippen LogP contribution is 2.36. The van der Waals surface area contributed by atoms with E-state index in [-0.39, 0.29) is 18.0 Å². The van der Waals surface area contributed by atoms with Crippen LogP contribution < -0.4 is 15.0 Å². The summed E-state index contributed by atoms with van der Waals surface area (Å²) in [5.74, 6) is 6.13. The third-order valence-corrected chi connectivity index (χ3v) is 6.30. The standard InChI is InChI=1S/C25H37N5O5/c1-25(2,3)35-24(31)26-10-6-7-19-17-22(30(32)33)23(34-5)18-21(19)29-11-8-20(9-12-29)28-15-13-27(4)14-16-28/h17-18,20H,8-16H2,1-5H3,(H,26,31). The maximum atomic E-state index is 11.9. The number of rotatable bonds is 5. The molecule has 0 spiro atoms. The van der Waals surface area contributed by atoms with Crippen molar-refractivity contribution in [3.05, 3.63) is 27.8 Å². The molecule has 0 aromatic heterocycles. The summed E-state index contributed by atoms with van der Waals surface area (Å²) < 4.78 is 10.5. The van der Waals surface area contributed by atoms with E-state index < -0.39 is 16.6 Å². The normalized spacial score (nSPS) is 17.9. The quantitative estimate of drug-likeness (QED) is 0.384. The summed E-state index contributed by atoms with van der Waals surface area (Å²) in [6.07, 6.45) is 1.49. The second-order valence-electron chi connectivity index (χ2n) is 10.0. The molecule has 1 aromatic carbocycles. The Morgan fingerprint density at radius 3 is 2.40 bits per heavy atom. The van der Waals surface area contributed by atoms with E-state index >= 15 is 0 Å². The van der Waals surface area contributed by atoms with Crippen LogP contribution in [-0.4, -0.2) is 92.4 Å². The first-order valence-corrected chi connectivity index (χ1v) is 12.1. The minimum absolute atomic E-state index is 0.0691. The van der Waals surface area contributed by atoms with E-state index in [4.69, 9.17) is 9.47 Å². The number of benzene rings is 1. The van der Waals surface area contributed by atoms with E-state index in [1.807, 2.05) is 0 Å². The molecule has 0 saturated carbocycles. The monoisotopic (exact) mass is 487 g/mol. The summed E-state index contributed by atoms with van der Waals surface area (Å²) >= 11 is 0. The Hall–Kier alpha value is -3.03. The molecular formula is C25H37N5O5. The lowest BCUT2D eigenvalue weighted by atomic mass is 10.00. The summed E-state index contributed by atoms with van der Waals surface area (Å²) in [5, 5.41) is 14.2. The number of nitrogens with zero attached hydrogens (tertiary/aromatic N) is 4. The highest BCUT2D eigenvalue weighted by Gasteiger charge is 2.29. The van der Waals surface area contributed by atoms with Gasteiger partial charge in [0.05, 0.1) is 29.8 Å². The summed E-state index contributed by atoms with van der Waals surface area (Å²) in [6, 6.07) is 3.72. The predicted octanol–water partition coefficient (Wildman–Crippen LogP) is 2.70. The molecule has 192 valence electrons. The van der Waals surface area contributed by atoms with E-state index in [9.17, 15) is 14.9 Å². The first-order chi connectivity index (χ1) is 16.6. The van der Waals surface area contributed by atoms with Crippen molar-refractivity contribution in [2.24, 2.45) is 0 Å². The van der Waals surface area contributed by atoms with Gasteiger partial charge in [-0.3, -0.25) is 15.0 Å². The summed E-state index contributed by atoms with van der Waals surface area (Å²) in [4.78, 5) is 30.2. The number of methoxy groups -OCH3 is 1. The molecule has 1 aromatic rings. The topological polar surface area (TPSA) is 100 Å². The number of anilines is 1. The van der Waals surface area contributed by atoms with Crippen LogP contribution in [0, 0.1) is 22.0 Å². The molecular weight excluding hydrogens is 450 g/mol. The van der Waals surface area contributed by atoms with Crippen molar-refractivity contribution in [3.63, 3.8) is 0 Å². The molecule has 1 amide bonds. The molecule has 2 fully saturated rings. The van der Waals surface area contributed by atoms with Crippen molar-refractivity contribution in [1.29, 1.82) is 0 Å². The summed E-state index contributed by atoms with van der Waals surface area (Å²) in [5.41, 5.74) is 0.626. The molecule has 2 aliphatic rings. The maximum Gasteiger partial charge on any atom is 0.408 e. The maximum absolute atomic E-state index is 11.9. The van der Waals surface area contributed by atoms with Crippen molar-refractivity contribution in [3.8, 4) is 17.6 Å². The molecule has 0 bridgehead atoms. The Labute approximate surface area is 207 Å². The Morgan fingerprint density at radius 2 is 1.83 bits per heavy atom. The summed E-state index contributed by atoms with van der Waals surface area (Å²) in [7, 11) is 3.59. The van der Waals surface area contributed by atoms with Crippen molar-refractivity contribution >= 4 is 17.5 Å². The van der Waals surface area contributed by atoms with Crippen LogP contribution in [0.25, 0.3) is 0 Å². The van der Waals surface area contributed by atoms with Gasteiger partial charge in [-0.25, -0.2) is 4.79 Å². The molecule has 10 heteroatoms. The number of nitro groups is 1. The van der Waals surface area contributed by atoms with Gasteiger partial charge in [0.25, 0.3) is 0 Å². The first-order valence-electron chi connectivity index (χ1n) is 12.1. The highest BCUT2D eigenvalue weighted by molar-refractivity contribution is 5.70. The molecule has 0 radical (unpaired) electrons. The van der Waals surface area contributed by atoms with Crippen LogP contribution in [0.4, 0.5) is 16.2 Å². The van der Waals surface area contributed by atoms with Crippen molar-refractivity contribution in [2.75, 3.05) is 64.9 Å². The Kier molecular flexibility index (Phi) is 8.81. The molecule has 10 nitrogen and oxygen atoms in total. The average Bonchev–Trinajstić information content (AvgIpc) is 2.81. The number of alkyl carbamates (subject to hydrolysis) is 1. The Bertz CT molecular complexity index is 965. The van der Waals surface area contributed by atoms with Crippen molar-refractivity contribution < 1.29 is 19.2 Å². The number of hydrogen-bond donors (Lipinski definition) is 1. The number of nitrogens with one attached hydrogen (secondary N) is 1. The number of carbonyl (C=O) groups excluding carboxylic acids is 1. The minimum Gasteiger partial charge on any atom is -0.490 e. The van der Waals surface area contributed by atoms with E-state index in [2.05, 4.69) is 38.9 Å². The van der Waals surface area contributed by atoms with Crippen LogP contribution in [0.2, 0.25) is 0 Å². The number of carbonyl (C=O) groups is 1. The highest BCUT2D eigenvalue weighted by atomic mass is 16.6. The van der Waals surface area contributed by atoms with Gasteiger partial charge in [0.2, 0.25) is 0 Å². The fourth-order valence-corrected chi connectivity index (χ4v) is 4.45. The summed E-state index contributed by atoms with van der Waals surface area (Å²) in [6.45, 7) is 11.5. The Morgan fingerprint density at radius 1 is 1.17 bits per heavy atom. The van der Waals surface area contributed by atoms with Gasteiger partial charge in [0.15, 0.2) is 5.75 Å². The first kappa shape index (κ1) is 26.6. The molecule has 2 saturated heterocycles. The van der Waals surface area contributed by atoms with Crippen LogP contribution in [-0.2, 0) is 4.74 Å². The zero-order chi connectivity index (χ0) is 25.6. The van der Waals surface area contributed by atoms with Crippen molar-refractivity contribution in [2.45, 2.75) is 45.3 Å². The second-order valence-corrected chi connectivity index (χ2v) is 10.0. The van der Waals surface area contributed by atoms with E-state index in [1.165, 1.54) is 13.2 Å². The zero-order valence-electron chi connectivity index (χ0n) is 21.4. The largest absolute Gasteiger partial charge is 0.490 e. The van der Waals surface area contributed by atoms with Gasteiger partial charge in [-0.1, -0.05) is 11.8 Å². The zero-order valence-corrected chi connectivity index (χ0v) is 21.4. The molecule has 3 rings (SSSR count). The van der Waals surface area contributed by atoms with E-state index in [0.717, 1.165) is 57.8 Å². The molecule has 0 atom stereocenters. The third kappa shape index (κ3) is 7.47. The van der Waals surface area contributed by atoms with E-state index in [0.29, 0.717) is 11.6 Å². The number of piperidine rings is 1. The second kappa shape index (κ2) is 11.6. The molecule has 1 N–H and O–H groups in total. The number of likely N-dealkylation sites (N-methyl/N-ethyl adjacent to an activating group) is 1. The van der Waals surface area contributed by atoms with Gasteiger partial charge in [-0.05, 0) is 40.7 Å². The van der Waals surface area contributed by atoms with Crippen LogP contribution in [0.15, 0.2) is 12.1 Å². The molecule has 0 aliphatic carbocycles. The molecule has 2 aliphatic heterocycles. The average molecular weight is 488 g/mol. The predicted molar refractivity (Wildman–Crippen MR) is 135 cm³/mol. The van der Waals surface area contributed by atoms with Gasteiger partial charge < -0.3 is 24.6 Å². The lowest BCUT2D eigenvalue weighted by Gasteiger charge is -2.42. The smallest absolute Gasteiger partial charge is 0.408 e. The SMILES string of the molecule is COc1cc(N2CCC(N3CCN(C)CC3)CC2)c(C#CCNC(=O)OC(C)(C)C)cc1[N+](=O)[O-]. The lowest BCUT2D eigenvalue weighted by molar-refractivity contribution is -0.385. The van der Waals surface area contributed by atoms with Gasteiger partial charge in [-0.15, -0.1) is 0 Å². The molecule has 2 heterocycles. The minimum atomic E-state index is -0.600. The van der Waals surface area contributed by atoms with Crippen LogP contribution in [0.3, 0.4) is 0 Å². The van der Waals surface area contributed by atoms with Gasteiger partial charge in [-0.2, -0.15) is 0 Å². The number of ether oxygens (including phenoxy) is 2. The molecule has 35 heavy (non-hydrogen) atoms. The fraction of sp³-hybridized carbons (Fsp3) is 0.640. The third-order valence-electron chi connectivity index (χ3n) is 6.30. The number of nitro benzene ring substituents is 1. The van der Waals surface area contributed by atoms with Gasteiger partial charge >= 0.3 is 11.8 Å². The van der Waals surface area contributed by atoms with Crippen LogP contribution in [0.1, 0.15) is 39.2 Å². The fourth-order valence-electron chi connectivity index (χ4n) is 4.45. The van der Waals surface area contributed by atoms with Crippen LogP contribution >= 0.6 is 0 Å². The number of piperazine rings is 1.